The van der Waals surface area contributed by atoms with Gasteiger partial charge in [0.2, 0.25) is 0 Å². The normalized spacial score (nSPS) is 10.8. The SMILES string of the molecule is CCn1c(=O)c(=O)[nH]c2cc(C(=O)Nc3ccc(Oc4cccnc4)c(C)c3)ccc21. The number of nitrogens with one attached hydrogen (secondary N) is 2. The molecule has 0 radical (unpaired) electrons. The largest absolute Gasteiger partial charge is 0.455 e. The number of fused-ring (bicyclic) bond motifs is 1. The lowest BCUT2D eigenvalue weighted by atomic mass is 10.1. The molecule has 0 aliphatic heterocycles. The first-order chi connectivity index (χ1) is 15.0. The molecular formula is C23H20N4O4. The molecular weight excluding hydrogens is 396 g/mol. The lowest BCUT2D eigenvalue weighted by Crippen LogP contribution is -2.36. The second-order valence-electron chi connectivity index (χ2n) is 6.96. The Hall–Kier alpha value is -4.20. The number of hydrogen-bond donors (Lipinski definition) is 2. The molecule has 0 aliphatic carbocycles. The van der Waals surface area contributed by atoms with Crippen LogP contribution >= 0.6 is 0 Å². The summed E-state index contributed by atoms with van der Waals surface area (Å²) < 4.78 is 7.18. The number of carbonyl (C=O) groups is 1. The van der Waals surface area contributed by atoms with Gasteiger partial charge in [0.05, 0.1) is 17.2 Å². The zero-order valence-corrected chi connectivity index (χ0v) is 17.0. The maximum Gasteiger partial charge on any atom is 0.316 e. The van der Waals surface area contributed by atoms with Gasteiger partial charge in [0.15, 0.2) is 0 Å². The average molecular weight is 416 g/mol. The van der Waals surface area contributed by atoms with Gasteiger partial charge in [-0.1, -0.05) is 0 Å². The van der Waals surface area contributed by atoms with E-state index in [1.807, 2.05) is 13.0 Å². The summed E-state index contributed by atoms with van der Waals surface area (Å²) in [4.78, 5) is 43.2. The van der Waals surface area contributed by atoms with Crippen molar-refractivity contribution in [2.24, 2.45) is 0 Å². The lowest BCUT2D eigenvalue weighted by molar-refractivity contribution is 0.102. The number of nitrogens with zero attached hydrogens (tertiary/aromatic N) is 2. The summed E-state index contributed by atoms with van der Waals surface area (Å²) in [5.41, 5.74) is 1.47. The van der Waals surface area contributed by atoms with Crippen LogP contribution in [0.5, 0.6) is 11.5 Å². The standard InChI is InChI=1S/C23H20N4O4/c1-3-27-19-8-6-15(12-18(19)26-22(29)23(27)30)21(28)25-16-7-9-20(14(2)11-16)31-17-5-4-10-24-13-17/h4-13H,3H2,1-2H3,(H,25,28)(H,26,29). The first-order valence-corrected chi connectivity index (χ1v) is 9.73. The van der Waals surface area contributed by atoms with Crippen molar-refractivity contribution in [2.75, 3.05) is 5.32 Å². The highest BCUT2D eigenvalue weighted by molar-refractivity contribution is 6.06. The molecule has 2 N–H and O–H groups in total. The van der Waals surface area contributed by atoms with Gasteiger partial charge < -0.3 is 19.6 Å². The van der Waals surface area contributed by atoms with E-state index in [9.17, 15) is 14.4 Å². The van der Waals surface area contributed by atoms with Crippen LogP contribution < -0.4 is 21.2 Å². The summed E-state index contributed by atoms with van der Waals surface area (Å²) in [5, 5.41) is 2.84. The molecule has 2 aromatic carbocycles. The van der Waals surface area contributed by atoms with Crippen molar-refractivity contribution in [1.82, 2.24) is 14.5 Å². The number of hydrogen-bond acceptors (Lipinski definition) is 5. The number of benzene rings is 2. The molecule has 31 heavy (non-hydrogen) atoms. The van der Waals surface area contributed by atoms with Crippen LogP contribution in [0.25, 0.3) is 11.0 Å². The number of aryl methyl sites for hydroxylation is 2. The molecule has 0 saturated carbocycles. The summed E-state index contributed by atoms with van der Waals surface area (Å²) in [6, 6.07) is 13.8. The Bertz CT molecular complexity index is 1390. The van der Waals surface area contributed by atoms with Gasteiger partial charge in [-0.05, 0) is 67.9 Å². The number of amides is 1. The van der Waals surface area contributed by atoms with Crippen molar-refractivity contribution in [2.45, 2.75) is 20.4 Å². The number of pyridine rings is 1. The number of H-pyrrole nitrogens is 1. The molecule has 0 unspecified atom stereocenters. The van der Waals surface area contributed by atoms with Crippen molar-refractivity contribution in [3.8, 4) is 11.5 Å². The summed E-state index contributed by atoms with van der Waals surface area (Å²) >= 11 is 0. The summed E-state index contributed by atoms with van der Waals surface area (Å²) in [5.74, 6) is 0.947. The van der Waals surface area contributed by atoms with Crippen molar-refractivity contribution in [3.63, 3.8) is 0 Å². The van der Waals surface area contributed by atoms with E-state index >= 15 is 0 Å². The van der Waals surface area contributed by atoms with Gasteiger partial charge in [-0.15, -0.1) is 0 Å². The van der Waals surface area contributed by atoms with Crippen LogP contribution in [0.3, 0.4) is 0 Å². The third-order valence-electron chi connectivity index (χ3n) is 4.85. The maximum absolute atomic E-state index is 12.7. The lowest BCUT2D eigenvalue weighted by Gasteiger charge is -2.12. The summed E-state index contributed by atoms with van der Waals surface area (Å²) in [6.07, 6.45) is 3.29. The van der Waals surface area contributed by atoms with E-state index in [1.165, 1.54) is 4.57 Å². The van der Waals surface area contributed by atoms with Gasteiger partial charge in [0.25, 0.3) is 5.91 Å². The molecule has 2 aromatic heterocycles. The molecule has 8 heteroatoms. The average Bonchev–Trinajstić information content (AvgIpc) is 2.77. The number of carbonyl (C=O) groups excluding carboxylic acids is 1. The highest BCUT2D eigenvalue weighted by Crippen LogP contribution is 2.27. The smallest absolute Gasteiger partial charge is 0.316 e. The second kappa shape index (κ2) is 8.27. The minimum Gasteiger partial charge on any atom is -0.455 e. The van der Waals surface area contributed by atoms with Gasteiger partial charge in [-0.2, -0.15) is 0 Å². The minimum atomic E-state index is -0.716. The van der Waals surface area contributed by atoms with Crippen LogP contribution in [0, 0.1) is 6.92 Å². The van der Waals surface area contributed by atoms with E-state index in [-0.39, 0.29) is 5.91 Å². The Morgan fingerprint density at radius 1 is 1.16 bits per heavy atom. The van der Waals surface area contributed by atoms with E-state index in [0.29, 0.717) is 40.3 Å². The Morgan fingerprint density at radius 3 is 2.71 bits per heavy atom. The number of rotatable bonds is 5. The third-order valence-corrected chi connectivity index (χ3v) is 4.85. The predicted octanol–water partition coefficient (Wildman–Crippen LogP) is 3.46. The molecule has 0 aliphatic rings. The first kappa shape index (κ1) is 20.1. The molecule has 0 spiro atoms. The number of aromatic nitrogens is 3. The van der Waals surface area contributed by atoms with E-state index in [0.717, 1.165) is 5.56 Å². The zero-order chi connectivity index (χ0) is 22.0. The van der Waals surface area contributed by atoms with E-state index < -0.39 is 11.1 Å². The van der Waals surface area contributed by atoms with Crippen LogP contribution in [-0.4, -0.2) is 20.4 Å². The Balaban J connectivity index is 1.57. The molecule has 2 heterocycles. The Kier molecular flexibility index (Phi) is 5.36. The van der Waals surface area contributed by atoms with E-state index in [1.54, 1.807) is 61.8 Å². The minimum absolute atomic E-state index is 0.336. The molecule has 156 valence electrons. The fourth-order valence-electron chi connectivity index (χ4n) is 3.31. The first-order valence-electron chi connectivity index (χ1n) is 9.73. The van der Waals surface area contributed by atoms with Crippen LogP contribution in [0.4, 0.5) is 5.69 Å². The summed E-state index contributed by atoms with van der Waals surface area (Å²) in [7, 11) is 0. The van der Waals surface area contributed by atoms with Gasteiger partial charge in [-0.25, -0.2) is 0 Å². The summed E-state index contributed by atoms with van der Waals surface area (Å²) in [6.45, 7) is 4.02. The monoisotopic (exact) mass is 416 g/mol. The fourth-order valence-corrected chi connectivity index (χ4v) is 3.31. The molecule has 1 amide bonds. The number of aromatic amines is 1. The fraction of sp³-hybridized carbons (Fsp3) is 0.130. The Labute approximate surface area is 177 Å². The topological polar surface area (TPSA) is 106 Å². The molecule has 8 nitrogen and oxygen atoms in total. The predicted molar refractivity (Wildman–Crippen MR) is 118 cm³/mol. The van der Waals surface area contributed by atoms with Gasteiger partial charge >= 0.3 is 11.1 Å². The Morgan fingerprint density at radius 2 is 2.00 bits per heavy atom. The van der Waals surface area contributed by atoms with Crippen LogP contribution in [0.1, 0.15) is 22.8 Å². The number of ether oxygens (including phenoxy) is 1. The molecule has 0 atom stereocenters. The zero-order valence-electron chi connectivity index (χ0n) is 17.0. The highest BCUT2D eigenvalue weighted by Gasteiger charge is 2.12. The van der Waals surface area contributed by atoms with E-state index in [2.05, 4.69) is 15.3 Å². The van der Waals surface area contributed by atoms with Gasteiger partial charge in [0.1, 0.15) is 11.5 Å². The number of anilines is 1. The van der Waals surface area contributed by atoms with Crippen molar-refractivity contribution < 1.29 is 9.53 Å². The van der Waals surface area contributed by atoms with Crippen LogP contribution in [-0.2, 0) is 6.54 Å². The molecule has 4 aromatic rings. The molecule has 4 rings (SSSR count). The van der Waals surface area contributed by atoms with Crippen molar-refractivity contribution in [1.29, 1.82) is 0 Å². The molecule has 0 bridgehead atoms. The molecule has 0 saturated heterocycles. The van der Waals surface area contributed by atoms with Crippen molar-refractivity contribution in [3.05, 3.63) is 92.8 Å². The van der Waals surface area contributed by atoms with Crippen molar-refractivity contribution >= 4 is 22.6 Å². The molecule has 0 fully saturated rings. The van der Waals surface area contributed by atoms with Gasteiger partial charge in [0, 0.05) is 24.0 Å². The third kappa shape index (κ3) is 4.09. The van der Waals surface area contributed by atoms with Crippen LogP contribution in [0.15, 0.2) is 70.5 Å². The second-order valence-corrected chi connectivity index (χ2v) is 6.96. The van der Waals surface area contributed by atoms with Crippen LogP contribution in [0.2, 0.25) is 0 Å². The van der Waals surface area contributed by atoms with Gasteiger partial charge in [-0.3, -0.25) is 19.4 Å². The maximum atomic E-state index is 12.7. The quantitative estimate of drug-likeness (QED) is 0.485. The van der Waals surface area contributed by atoms with E-state index in [4.69, 9.17) is 4.74 Å². The highest BCUT2D eigenvalue weighted by atomic mass is 16.5.